The zero-order valence-corrected chi connectivity index (χ0v) is 12.7. The van der Waals surface area contributed by atoms with E-state index < -0.39 is 0 Å². The molecule has 2 heteroatoms. The van der Waals surface area contributed by atoms with Gasteiger partial charge in [-0.05, 0) is 38.0 Å². The van der Waals surface area contributed by atoms with E-state index in [1.165, 1.54) is 22.3 Å². The molecule has 0 aromatic heterocycles. The van der Waals surface area contributed by atoms with Crippen LogP contribution >= 0.6 is 0 Å². The summed E-state index contributed by atoms with van der Waals surface area (Å²) in [4.78, 5) is 0. The molecule has 1 N–H and O–H groups in total. The SMILES string of the molecule is COc1ccccc1[C@H](C)NCc1cc(C)ccc1C. The third kappa shape index (κ3) is 3.40. The summed E-state index contributed by atoms with van der Waals surface area (Å²) >= 11 is 0. The summed E-state index contributed by atoms with van der Waals surface area (Å²) < 4.78 is 5.42. The van der Waals surface area contributed by atoms with Crippen LogP contribution in [0.2, 0.25) is 0 Å². The zero-order valence-electron chi connectivity index (χ0n) is 12.7. The maximum absolute atomic E-state index is 5.42. The Kier molecular flexibility index (Phi) is 4.80. The minimum Gasteiger partial charge on any atom is -0.496 e. The smallest absolute Gasteiger partial charge is 0.123 e. The lowest BCUT2D eigenvalue weighted by molar-refractivity contribution is 0.401. The predicted octanol–water partition coefficient (Wildman–Crippen LogP) is 4.16. The van der Waals surface area contributed by atoms with Gasteiger partial charge in [0.05, 0.1) is 7.11 Å². The standard InChI is InChI=1S/C18H23NO/c1-13-9-10-14(2)16(11-13)12-19-15(3)17-7-5-6-8-18(17)20-4/h5-11,15,19H,12H2,1-4H3/t15-/m0/s1. The molecule has 2 nitrogen and oxygen atoms in total. The molecule has 0 aliphatic rings. The lowest BCUT2D eigenvalue weighted by atomic mass is 10.0. The number of aryl methyl sites for hydroxylation is 2. The predicted molar refractivity (Wildman–Crippen MR) is 84.2 cm³/mol. The lowest BCUT2D eigenvalue weighted by Gasteiger charge is -2.18. The Morgan fingerprint density at radius 3 is 2.60 bits per heavy atom. The van der Waals surface area contributed by atoms with Crippen molar-refractivity contribution in [2.45, 2.75) is 33.4 Å². The number of hydrogen-bond donors (Lipinski definition) is 1. The van der Waals surface area contributed by atoms with Crippen molar-refractivity contribution < 1.29 is 4.74 Å². The quantitative estimate of drug-likeness (QED) is 0.880. The van der Waals surface area contributed by atoms with Gasteiger partial charge in [-0.25, -0.2) is 0 Å². The van der Waals surface area contributed by atoms with Crippen molar-refractivity contribution in [3.05, 3.63) is 64.7 Å². The van der Waals surface area contributed by atoms with E-state index in [0.29, 0.717) is 0 Å². The van der Waals surface area contributed by atoms with E-state index >= 15 is 0 Å². The van der Waals surface area contributed by atoms with Crippen LogP contribution in [0.3, 0.4) is 0 Å². The molecule has 2 aromatic rings. The Morgan fingerprint density at radius 2 is 1.85 bits per heavy atom. The van der Waals surface area contributed by atoms with Crippen LogP contribution in [0, 0.1) is 13.8 Å². The molecule has 0 aliphatic heterocycles. The Labute approximate surface area is 121 Å². The summed E-state index contributed by atoms with van der Waals surface area (Å²) in [6.45, 7) is 7.33. The number of rotatable bonds is 5. The molecule has 0 saturated carbocycles. The normalized spacial score (nSPS) is 12.2. The first-order chi connectivity index (χ1) is 9.61. The van der Waals surface area contributed by atoms with Crippen molar-refractivity contribution in [1.29, 1.82) is 0 Å². The van der Waals surface area contributed by atoms with Gasteiger partial charge in [-0.3, -0.25) is 0 Å². The lowest BCUT2D eigenvalue weighted by Crippen LogP contribution is -2.19. The van der Waals surface area contributed by atoms with E-state index in [2.05, 4.69) is 50.4 Å². The van der Waals surface area contributed by atoms with Gasteiger partial charge in [-0.15, -0.1) is 0 Å². The summed E-state index contributed by atoms with van der Waals surface area (Å²) in [6, 6.07) is 15.0. The van der Waals surface area contributed by atoms with Crippen LogP contribution in [0.4, 0.5) is 0 Å². The van der Waals surface area contributed by atoms with Crippen molar-refractivity contribution in [3.63, 3.8) is 0 Å². The second kappa shape index (κ2) is 6.58. The maximum Gasteiger partial charge on any atom is 0.123 e. The maximum atomic E-state index is 5.42. The van der Waals surface area contributed by atoms with Gasteiger partial charge in [0.25, 0.3) is 0 Å². The summed E-state index contributed by atoms with van der Waals surface area (Å²) in [5.74, 6) is 0.938. The van der Waals surface area contributed by atoms with Gasteiger partial charge in [0.1, 0.15) is 5.75 Å². The van der Waals surface area contributed by atoms with Gasteiger partial charge in [-0.2, -0.15) is 0 Å². The molecule has 0 saturated heterocycles. The van der Waals surface area contributed by atoms with Gasteiger partial charge in [0.15, 0.2) is 0 Å². The van der Waals surface area contributed by atoms with Gasteiger partial charge in [0, 0.05) is 18.2 Å². The minimum absolute atomic E-state index is 0.256. The fourth-order valence-corrected chi connectivity index (χ4v) is 2.39. The van der Waals surface area contributed by atoms with Gasteiger partial charge < -0.3 is 10.1 Å². The van der Waals surface area contributed by atoms with Gasteiger partial charge >= 0.3 is 0 Å². The molecule has 1 atom stereocenters. The second-order valence-electron chi connectivity index (χ2n) is 5.27. The number of methoxy groups -OCH3 is 1. The topological polar surface area (TPSA) is 21.3 Å². The molecular weight excluding hydrogens is 246 g/mol. The van der Waals surface area contributed by atoms with E-state index in [9.17, 15) is 0 Å². The van der Waals surface area contributed by atoms with E-state index in [-0.39, 0.29) is 6.04 Å². The molecule has 0 bridgehead atoms. The molecule has 106 valence electrons. The summed E-state index contributed by atoms with van der Waals surface area (Å²) in [6.07, 6.45) is 0. The van der Waals surface area contributed by atoms with Crippen molar-refractivity contribution in [1.82, 2.24) is 5.32 Å². The van der Waals surface area contributed by atoms with Crippen molar-refractivity contribution in [3.8, 4) is 5.75 Å². The molecule has 0 amide bonds. The Bertz CT molecular complexity index is 577. The third-order valence-corrected chi connectivity index (χ3v) is 3.71. The Morgan fingerprint density at radius 1 is 1.10 bits per heavy atom. The highest BCUT2D eigenvalue weighted by Gasteiger charge is 2.10. The highest BCUT2D eigenvalue weighted by Crippen LogP contribution is 2.24. The fourth-order valence-electron chi connectivity index (χ4n) is 2.39. The molecule has 2 rings (SSSR count). The molecule has 20 heavy (non-hydrogen) atoms. The molecule has 0 spiro atoms. The number of nitrogens with one attached hydrogen (secondary N) is 1. The van der Waals surface area contributed by atoms with Crippen LogP contribution in [0.25, 0.3) is 0 Å². The van der Waals surface area contributed by atoms with Crippen LogP contribution in [0.1, 0.15) is 35.2 Å². The first-order valence-electron chi connectivity index (χ1n) is 7.04. The van der Waals surface area contributed by atoms with Crippen LogP contribution in [-0.4, -0.2) is 7.11 Å². The molecular formula is C18H23NO. The number of para-hydroxylation sites is 1. The number of ether oxygens (including phenoxy) is 1. The number of hydrogen-bond acceptors (Lipinski definition) is 2. The fraction of sp³-hybridized carbons (Fsp3) is 0.333. The first kappa shape index (κ1) is 14.6. The average molecular weight is 269 g/mol. The summed E-state index contributed by atoms with van der Waals surface area (Å²) in [5, 5.41) is 3.58. The summed E-state index contributed by atoms with van der Waals surface area (Å²) in [7, 11) is 1.72. The molecule has 0 radical (unpaired) electrons. The largest absolute Gasteiger partial charge is 0.496 e. The highest BCUT2D eigenvalue weighted by molar-refractivity contribution is 5.36. The Balaban J connectivity index is 2.08. The van der Waals surface area contributed by atoms with Gasteiger partial charge in [-0.1, -0.05) is 42.0 Å². The molecule has 0 aliphatic carbocycles. The number of benzene rings is 2. The van der Waals surface area contributed by atoms with Crippen LogP contribution in [-0.2, 0) is 6.54 Å². The third-order valence-electron chi connectivity index (χ3n) is 3.71. The molecule has 0 heterocycles. The highest BCUT2D eigenvalue weighted by atomic mass is 16.5. The van der Waals surface area contributed by atoms with Crippen molar-refractivity contribution in [2.75, 3.05) is 7.11 Å². The Hall–Kier alpha value is -1.80. The van der Waals surface area contributed by atoms with Crippen LogP contribution in [0.15, 0.2) is 42.5 Å². The summed E-state index contributed by atoms with van der Waals surface area (Å²) in [5.41, 5.74) is 5.18. The van der Waals surface area contributed by atoms with E-state index in [1.54, 1.807) is 7.11 Å². The van der Waals surface area contributed by atoms with Crippen LogP contribution < -0.4 is 10.1 Å². The van der Waals surface area contributed by atoms with Crippen molar-refractivity contribution >= 4 is 0 Å². The molecule has 2 aromatic carbocycles. The van der Waals surface area contributed by atoms with E-state index in [0.717, 1.165) is 12.3 Å². The van der Waals surface area contributed by atoms with Crippen LogP contribution in [0.5, 0.6) is 5.75 Å². The van der Waals surface area contributed by atoms with E-state index in [1.807, 2.05) is 18.2 Å². The molecule has 0 unspecified atom stereocenters. The molecule has 0 fully saturated rings. The minimum atomic E-state index is 0.256. The van der Waals surface area contributed by atoms with E-state index in [4.69, 9.17) is 4.74 Å². The monoisotopic (exact) mass is 269 g/mol. The average Bonchev–Trinajstić information content (AvgIpc) is 2.47. The van der Waals surface area contributed by atoms with Crippen molar-refractivity contribution in [2.24, 2.45) is 0 Å². The van der Waals surface area contributed by atoms with Gasteiger partial charge in [0.2, 0.25) is 0 Å². The second-order valence-corrected chi connectivity index (χ2v) is 5.27. The first-order valence-corrected chi connectivity index (χ1v) is 7.04. The zero-order chi connectivity index (χ0) is 14.5.